The molecule has 68 valence electrons. The highest BCUT2D eigenvalue weighted by Crippen LogP contribution is 2.30. The lowest BCUT2D eigenvalue weighted by atomic mass is 10.3. The van der Waals surface area contributed by atoms with Crippen molar-refractivity contribution in [3.63, 3.8) is 0 Å². The SMILES string of the molecule is O=C(Oc1ccc(O)cc1)C1CC1. The minimum atomic E-state index is -0.161. The largest absolute Gasteiger partial charge is 0.508 e. The fraction of sp³-hybridized carbons (Fsp3) is 0.300. The number of benzene rings is 1. The molecule has 13 heavy (non-hydrogen) atoms. The monoisotopic (exact) mass is 178 g/mol. The predicted octanol–water partition coefficient (Wildman–Crippen LogP) is 1.71. The van der Waals surface area contributed by atoms with Gasteiger partial charge in [-0.1, -0.05) is 0 Å². The molecule has 0 unspecified atom stereocenters. The Labute approximate surface area is 76.0 Å². The Kier molecular flexibility index (Phi) is 1.93. The first-order valence-electron chi connectivity index (χ1n) is 4.26. The maximum atomic E-state index is 11.2. The Morgan fingerprint density at radius 1 is 1.31 bits per heavy atom. The number of ether oxygens (including phenoxy) is 1. The summed E-state index contributed by atoms with van der Waals surface area (Å²) in [7, 11) is 0. The Balaban J connectivity index is 2.00. The summed E-state index contributed by atoms with van der Waals surface area (Å²) in [6.07, 6.45) is 1.88. The van der Waals surface area contributed by atoms with E-state index in [0.29, 0.717) is 5.75 Å². The van der Waals surface area contributed by atoms with Crippen LogP contribution >= 0.6 is 0 Å². The Hall–Kier alpha value is -1.51. The average Bonchev–Trinajstić information content (AvgIpc) is 2.91. The second-order valence-electron chi connectivity index (χ2n) is 3.19. The van der Waals surface area contributed by atoms with Gasteiger partial charge in [0.1, 0.15) is 11.5 Å². The van der Waals surface area contributed by atoms with Gasteiger partial charge in [-0.15, -0.1) is 0 Å². The molecular weight excluding hydrogens is 168 g/mol. The predicted molar refractivity (Wildman–Crippen MR) is 46.5 cm³/mol. The number of hydrogen-bond acceptors (Lipinski definition) is 3. The molecule has 1 aliphatic carbocycles. The van der Waals surface area contributed by atoms with Gasteiger partial charge >= 0.3 is 5.97 Å². The molecule has 0 radical (unpaired) electrons. The van der Waals surface area contributed by atoms with Crippen molar-refractivity contribution in [2.45, 2.75) is 12.8 Å². The molecule has 0 atom stereocenters. The molecule has 0 spiro atoms. The molecule has 0 amide bonds. The zero-order valence-electron chi connectivity index (χ0n) is 7.06. The molecule has 1 aliphatic rings. The van der Waals surface area contributed by atoms with E-state index in [0.717, 1.165) is 12.8 Å². The van der Waals surface area contributed by atoms with Crippen molar-refractivity contribution in [2.75, 3.05) is 0 Å². The number of carbonyl (C=O) groups is 1. The molecule has 3 nitrogen and oxygen atoms in total. The van der Waals surface area contributed by atoms with Gasteiger partial charge < -0.3 is 9.84 Å². The first-order valence-corrected chi connectivity index (χ1v) is 4.26. The maximum absolute atomic E-state index is 11.2. The second-order valence-corrected chi connectivity index (χ2v) is 3.19. The van der Waals surface area contributed by atoms with E-state index < -0.39 is 0 Å². The summed E-state index contributed by atoms with van der Waals surface area (Å²) in [5.74, 6) is 0.611. The third-order valence-electron chi connectivity index (χ3n) is 1.97. The number of carbonyl (C=O) groups excluding carboxylic acids is 1. The van der Waals surface area contributed by atoms with Crippen molar-refractivity contribution in [3.05, 3.63) is 24.3 Å². The van der Waals surface area contributed by atoms with Crippen LogP contribution < -0.4 is 4.74 Å². The van der Waals surface area contributed by atoms with Crippen LogP contribution in [0.4, 0.5) is 0 Å². The molecule has 0 heterocycles. The lowest BCUT2D eigenvalue weighted by Gasteiger charge is -2.02. The highest BCUT2D eigenvalue weighted by molar-refractivity contribution is 5.77. The summed E-state index contributed by atoms with van der Waals surface area (Å²) >= 11 is 0. The summed E-state index contributed by atoms with van der Waals surface area (Å²) in [4.78, 5) is 11.2. The number of hydrogen-bond donors (Lipinski definition) is 1. The van der Waals surface area contributed by atoms with E-state index in [1.807, 2.05) is 0 Å². The first kappa shape index (κ1) is 8.10. The van der Waals surface area contributed by atoms with Gasteiger partial charge in [-0.25, -0.2) is 0 Å². The van der Waals surface area contributed by atoms with Gasteiger partial charge in [0.15, 0.2) is 0 Å². The fourth-order valence-electron chi connectivity index (χ4n) is 1.03. The van der Waals surface area contributed by atoms with E-state index in [1.165, 1.54) is 12.1 Å². The number of phenolic OH excluding ortho intramolecular Hbond substituents is 1. The zero-order chi connectivity index (χ0) is 9.26. The smallest absolute Gasteiger partial charge is 0.314 e. The first-order chi connectivity index (χ1) is 6.25. The number of rotatable bonds is 2. The van der Waals surface area contributed by atoms with Gasteiger partial charge in [0.2, 0.25) is 0 Å². The summed E-state index contributed by atoms with van der Waals surface area (Å²) in [5.41, 5.74) is 0. The van der Waals surface area contributed by atoms with E-state index in [2.05, 4.69) is 0 Å². The topological polar surface area (TPSA) is 46.5 Å². The van der Waals surface area contributed by atoms with Crippen LogP contribution in [0, 0.1) is 5.92 Å². The van der Waals surface area contributed by atoms with Crippen LogP contribution in [0.1, 0.15) is 12.8 Å². The van der Waals surface area contributed by atoms with E-state index in [-0.39, 0.29) is 17.6 Å². The molecule has 0 saturated heterocycles. The molecule has 1 fully saturated rings. The average molecular weight is 178 g/mol. The molecule has 1 saturated carbocycles. The number of esters is 1. The third-order valence-corrected chi connectivity index (χ3v) is 1.97. The summed E-state index contributed by atoms with van der Waals surface area (Å²) < 4.78 is 5.04. The highest BCUT2D eigenvalue weighted by Gasteiger charge is 2.31. The van der Waals surface area contributed by atoms with E-state index in [4.69, 9.17) is 9.84 Å². The molecule has 0 aliphatic heterocycles. The van der Waals surface area contributed by atoms with Crippen LogP contribution in [0.5, 0.6) is 11.5 Å². The Bertz CT molecular complexity index is 311. The second kappa shape index (κ2) is 3.09. The van der Waals surface area contributed by atoms with E-state index >= 15 is 0 Å². The number of aromatic hydroxyl groups is 1. The summed E-state index contributed by atoms with van der Waals surface area (Å²) in [6.45, 7) is 0. The summed E-state index contributed by atoms with van der Waals surface area (Å²) in [6, 6.07) is 6.15. The Morgan fingerprint density at radius 3 is 2.46 bits per heavy atom. The van der Waals surface area contributed by atoms with Gasteiger partial charge in [-0.2, -0.15) is 0 Å². The lowest BCUT2D eigenvalue weighted by molar-refractivity contribution is -0.135. The van der Waals surface area contributed by atoms with Crippen LogP contribution in [-0.2, 0) is 4.79 Å². The molecule has 3 heteroatoms. The lowest BCUT2D eigenvalue weighted by Crippen LogP contribution is -2.09. The van der Waals surface area contributed by atoms with Crippen LogP contribution in [0.15, 0.2) is 24.3 Å². The Morgan fingerprint density at radius 2 is 1.92 bits per heavy atom. The molecule has 1 N–H and O–H groups in total. The van der Waals surface area contributed by atoms with Gasteiger partial charge in [-0.05, 0) is 37.1 Å². The molecule has 0 bridgehead atoms. The molecule has 1 aromatic rings. The van der Waals surface area contributed by atoms with Gasteiger partial charge in [-0.3, -0.25) is 4.79 Å². The van der Waals surface area contributed by atoms with Crippen molar-refractivity contribution in [3.8, 4) is 11.5 Å². The van der Waals surface area contributed by atoms with Crippen molar-refractivity contribution < 1.29 is 14.6 Å². The normalized spacial score (nSPS) is 15.4. The molecule has 2 rings (SSSR count). The van der Waals surface area contributed by atoms with Gasteiger partial charge in [0, 0.05) is 0 Å². The molecule has 0 aromatic heterocycles. The molecular formula is C10H10O3. The quantitative estimate of drug-likeness (QED) is 0.554. The van der Waals surface area contributed by atoms with Crippen molar-refractivity contribution in [1.82, 2.24) is 0 Å². The highest BCUT2D eigenvalue weighted by atomic mass is 16.5. The fourth-order valence-corrected chi connectivity index (χ4v) is 1.03. The van der Waals surface area contributed by atoms with Crippen molar-refractivity contribution >= 4 is 5.97 Å². The zero-order valence-corrected chi connectivity index (χ0v) is 7.06. The van der Waals surface area contributed by atoms with Crippen molar-refractivity contribution in [2.24, 2.45) is 5.92 Å². The maximum Gasteiger partial charge on any atom is 0.314 e. The van der Waals surface area contributed by atoms with E-state index in [9.17, 15) is 4.79 Å². The number of phenols is 1. The third kappa shape index (κ3) is 1.99. The van der Waals surface area contributed by atoms with Crippen LogP contribution in [0.25, 0.3) is 0 Å². The van der Waals surface area contributed by atoms with Crippen molar-refractivity contribution in [1.29, 1.82) is 0 Å². The minimum absolute atomic E-state index is 0.105. The van der Waals surface area contributed by atoms with Crippen LogP contribution in [-0.4, -0.2) is 11.1 Å². The van der Waals surface area contributed by atoms with Gasteiger partial charge in [0.05, 0.1) is 5.92 Å². The van der Waals surface area contributed by atoms with E-state index in [1.54, 1.807) is 12.1 Å². The van der Waals surface area contributed by atoms with Gasteiger partial charge in [0.25, 0.3) is 0 Å². The van der Waals surface area contributed by atoms with Crippen LogP contribution in [0.3, 0.4) is 0 Å². The summed E-state index contributed by atoms with van der Waals surface area (Å²) in [5, 5.41) is 8.97. The molecule has 1 aromatic carbocycles. The minimum Gasteiger partial charge on any atom is -0.508 e. The van der Waals surface area contributed by atoms with Crippen LogP contribution in [0.2, 0.25) is 0 Å². The standard InChI is InChI=1S/C10H10O3/c11-8-3-5-9(6-4-8)13-10(12)7-1-2-7/h3-7,11H,1-2H2.